The largest absolute Gasteiger partial charge is 0.508 e. The van der Waals surface area contributed by atoms with Gasteiger partial charge in [0, 0.05) is 32.3 Å². The van der Waals surface area contributed by atoms with Gasteiger partial charge in [-0.15, -0.1) is 0 Å². The summed E-state index contributed by atoms with van der Waals surface area (Å²) in [6.45, 7) is 12.9. The van der Waals surface area contributed by atoms with Crippen LogP contribution in [0.4, 0.5) is 17.1 Å². The summed E-state index contributed by atoms with van der Waals surface area (Å²) in [6, 6.07) is 7.91. The number of carbonyl (C=O) groups is 1. The van der Waals surface area contributed by atoms with Gasteiger partial charge in [-0.3, -0.25) is 4.79 Å². The molecule has 0 spiro atoms. The van der Waals surface area contributed by atoms with Crippen molar-refractivity contribution in [3.05, 3.63) is 59.2 Å². The van der Waals surface area contributed by atoms with E-state index in [1.807, 2.05) is 32.9 Å². The van der Waals surface area contributed by atoms with Crippen molar-refractivity contribution in [2.24, 2.45) is 0 Å². The van der Waals surface area contributed by atoms with Gasteiger partial charge < -0.3 is 29.9 Å². The number of phenolic OH excluding ortho intramolecular Hbond substituents is 3. The van der Waals surface area contributed by atoms with Crippen LogP contribution < -0.4 is 9.80 Å². The van der Waals surface area contributed by atoms with E-state index in [9.17, 15) is 20.1 Å². The Morgan fingerprint density at radius 3 is 2.31 bits per heavy atom. The van der Waals surface area contributed by atoms with Gasteiger partial charge in [-0.1, -0.05) is 35.4 Å². The second-order valence-corrected chi connectivity index (χ2v) is 10.7. The smallest absolute Gasteiger partial charge is 0.214 e. The molecule has 0 aliphatic rings. The summed E-state index contributed by atoms with van der Waals surface area (Å²) in [7, 11) is 1.75. The van der Waals surface area contributed by atoms with Crippen molar-refractivity contribution in [2.75, 3.05) is 30.0 Å². The van der Waals surface area contributed by atoms with Gasteiger partial charge in [0.05, 0.1) is 17.0 Å². The maximum atomic E-state index is 12.2. The van der Waals surface area contributed by atoms with Gasteiger partial charge in [0.15, 0.2) is 0 Å². The third-order valence-electron chi connectivity index (χ3n) is 7.13. The van der Waals surface area contributed by atoms with Crippen LogP contribution >= 0.6 is 0 Å². The first kappa shape index (κ1) is 31.8. The van der Waals surface area contributed by atoms with E-state index in [0.29, 0.717) is 30.0 Å². The molecule has 0 atom stereocenters. The number of hydrogen-bond donors (Lipinski definition) is 3. The Kier molecular flexibility index (Phi) is 11.9. The number of rotatable bonds is 15. The highest BCUT2D eigenvalue weighted by Gasteiger charge is 2.24. The molecular weight excluding hydrogens is 492 g/mol. The first-order valence-corrected chi connectivity index (χ1v) is 13.6. The van der Waals surface area contributed by atoms with Crippen LogP contribution in [0.1, 0.15) is 72.3 Å². The highest BCUT2D eigenvalue weighted by molar-refractivity contribution is 5.92. The number of aryl methyl sites for hydroxylation is 1. The van der Waals surface area contributed by atoms with Crippen molar-refractivity contribution in [3.63, 3.8) is 0 Å². The molecule has 214 valence electrons. The zero-order valence-corrected chi connectivity index (χ0v) is 24.6. The van der Waals surface area contributed by atoms with Crippen molar-refractivity contribution in [3.8, 4) is 17.2 Å². The van der Waals surface area contributed by atoms with E-state index in [4.69, 9.17) is 4.74 Å². The maximum Gasteiger partial charge on any atom is 0.214 e. The van der Waals surface area contributed by atoms with Gasteiger partial charge in [0.2, 0.25) is 6.41 Å². The number of benzene rings is 2. The number of aromatic hydroxyl groups is 3. The van der Waals surface area contributed by atoms with E-state index < -0.39 is 0 Å². The molecule has 0 bridgehead atoms. The van der Waals surface area contributed by atoms with Gasteiger partial charge in [-0.2, -0.15) is 0 Å². The quantitative estimate of drug-likeness (QED) is 0.161. The summed E-state index contributed by atoms with van der Waals surface area (Å²) in [4.78, 5) is 15.4. The van der Waals surface area contributed by atoms with Gasteiger partial charge in [-0.25, -0.2) is 0 Å². The average molecular weight is 539 g/mol. The molecule has 0 heterocycles. The number of ether oxygens (including phenoxy) is 1. The molecule has 0 aliphatic carbocycles. The zero-order valence-electron chi connectivity index (χ0n) is 24.6. The standard InChI is InChI=1S/C32H46N2O5/c1-8-34(30-25(4)15-10-16-28(30)37)31-27(20-26(36)21-29(31)38)33(22-35)19-17-24(3)13-9-12-23(2)14-11-18-32(5,6)39-7/h10,12,15-17,20-22,36-38H,8-9,11,13-14,18-19H2,1-7H3/b23-12+,24-17+. The highest BCUT2D eigenvalue weighted by Crippen LogP contribution is 2.46. The molecule has 2 aromatic carbocycles. The SMILES string of the molecule is CCN(c1c(C)cccc1O)c1c(O)cc(O)cc1N(C=O)C/C=C(\C)CC/C=C(\C)CCCC(C)(C)OC. The van der Waals surface area contributed by atoms with Crippen LogP contribution in [0.15, 0.2) is 53.6 Å². The zero-order chi connectivity index (χ0) is 29.2. The summed E-state index contributed by atoms with van der Waals surface area (Å²) >= 11 is 0. The van der Waals surface area contributed by atoms with Crippen LogP contribution in [0.3, 0.4) is 0 Å². The minimum absolute atomic E-state index is 0.0643. The summed E-state index contributed by atoms with van der Waals surface area (Å²) in [5.41, 5.74) is 4.45. The van der Waals surface area contributed by atoms with Gasteiger partial charge in [0.25, 0.3) is 0 Å². The Balaban J connectivity index is 2.20. The van der Waals surface area contributed by atoms with Gasteiger partial charge in [-0.05, 0) is 85.3 Å². The van der Waals surface area contributed by atoms with Crippen LogP contribution in [0.5, 0.6) is 17.2 Å². The summed E-state index contributed by atoms with van der Waals surface area (Å²) in [6.07, 6.45) is 9.88. The van der Waals surface area contributed by atoms with E-state index in [1.165, 1.54) is 22.6 Å². The lowest BCUT2D eigenvalue weighted by atomic mass is 9.98. The number of phenols is 3. The molecule has 0 saturated heterocycles. The average Bonchev–Trinajstić information content (AvgIpc) is 2.87. The lowest BCUT2D eigenvalue weighted by Gasteiger charge is -2.31. The van der Waals surface area contributed by atoms with Crippen molar-refractivity contribution >= 4 is 23.5 Å². The topological polar surface area (TPSA) is 93.5 Å². The first-order valence-electron chi connectivity index (χ1n) is 13.6. The van der Waals surface area contributed by atoms with E-state index >= 15 is 0 Å². The molecule has 2 rings (SSSR count). The fraction of sp³-hybridized carbons (Fsp3) is 0.469. The summed E-state index contributed by atoms with van der Waals surface area (Å²) in [5, 5.41) is 31.7. The molecule has 0 aliphatic heterocycles. The third-order valence-corrected chi connectivity index (χ3v) is 7.13. The molecule has 39 heavy (non-hydrogen) atoms. The Morgan fingerprint density at radius 1 is 1.00 bits per heavy atom. The molecule has 0 saturated carbocycles. The molecule has 7 nitrogen and oxygen atoms in total. The second kappa shape index (κ2) is 14.6. The monoisotopic (exact) mass is 538 g/mol. The van der Waals surface area contributed by atoms with Crippen molar-refractivity contribution < 1.29 is 24.9 Å². The molecule has 0 unspecified atom stereocenters. The van der Waals surface area contributed by atoms with Crippen molar-refractivity contribution in [2.45, 2.75) is 79.2 Å². The van der Waals surface area contributed by atoms with Crippen molar-refractivity contribution in [1.82, 2.24) is 0 Å². The molecule has 7 heteroatoms. The van der Waals surface area contributed by atoms with E-state index in [2.05, 4.69) is 26.8 Å². The van der Waals surface area contributed by atoms with E-state index in [-0.39, 0.29) is 29.4 Å². The second-order valence-electron chi connectivity index (χ2n) is 10.7. The highest BCUT2D eigenvalue weighted by atomic mass is 16.5. The molecule has 0 aromatic heterocycles. The van der Waals surface area contributed by atoms with Gasteiger partial charge in [0.1, 0.15) is 22.9 Å². The maximum absolute atomic E-state index is 12.2. The number of hydrogen-bond acceptors (Lipinski definition) is 6. The predicted molar refractivity (Wildman–Crippen MR) is 160 cm³/mol. The van der Waals surface area contributed by atoms with Crippen LogP contribution in [-0.4, -0.2) is 47.5 Å². The Hall–Kier alpha value is -3.45. The molecule has 0 radical (unpaired) electrons. The fourth-order valence-corrected chi connectivity index (χ4v) is 4.61. The third kappa shape index (κ3) is 9.06. The van der Waals surface area contributed by atoms with Crippen LogP contribution in [0, 0.1) is 6.92 Å². The van der Waals surface area contributed by atoms with E-state index in [0.717, 1.165) is 43.2 Å². The number of allylic oxidation sites excluding steroid dienone is 3. The number of amides is 1. The Labute approximate surface area is 234 Å². The van der Waals surface area contributed by atoms with Crippen molar-refractivity contribution in [1.29, 1.82) is 0 Å². The number of anilines is 3. The lowest BCUT2D eigenvalue weighted by Crippen LogP contribution is -2.26. The molecule has 2 aromatic rings. The Morgan fingerprint density at radius 2 is 1.69 bits per heavy atom. The number of carbonyl (C=O) groups excluding carboxylic acids is 1. The molecule has 3 N–H and O–H groups in total. The number of methoxy groups -OCH3 is 1. The predicted octanol–water partition coefficient (Wildman–Crippen LogP) is 7.50. The van der Waals surface area contributed by atoms with Gasteiger partial charge >= 0.3 is 0 Å². The van der Waals surface area contributed by atoms with Crippen LogP contribution in [-0.2, 0) is 9.53 Å². The molecule has 0 fully saturated rings. The summed E-state index contributed by atoms with van der Waals surface area (Å²) in [5.74, 6) is -0.274. The first-order chi connectivity index (χ1) is 18.4. The number of nitrogens with zero attached hydrogens (tertiary/aromatic N) is 2. The minimum Gasteiger partial charge on any atom is -0.508 e. The van der Waals surface area contributed by atoms with E-state index in [1.54, 1.807) is 24.1 Å². The summed E-state index contributed by atoms with van der Waals surface area (Å²) < 4.78 is 5.49. The number of para-hydroxylation sites is 1. The van der Waals surface area contributed by atoms with Crippen LogP contribution in [0.25, 0.3) is 0 Å². The lowest BCUT2D eigenvalue weighted by molar-refractivity contribution is -0.107. The minimum atomic E-state index is -0.184. The molecular formula is C32H46N2O5. The molecule has 1 amide bonds. The fourth-order valence-electron chi connectivity index (χ4n) is 4.61. The Bertz CT molecular complexity index is 1150. The normalized spacial score (nSPS) is 12.5. The van der Waals surface area contributed by atoms with Crippen LogP contribution in [0.2, 0.25) is 0 Å².